The summed E-state index contributed by atoms with van der Waals surface area (Å²) in [5.41, 5.74) is 2.29. The molecule has 2 N–H and O–H groups in total. The predicted octanol–water partition coefficient (Wildman–Crippen LogP) is 4.25. The Labute approximate surface area is 179 Å². The molecule has 30 heavy (non-hydrogen) atoms. The number of rotatable bonds is 10. The summed E-state index contributed by atoms with van der Waals surface area (Å²) in [7, 11) is 1.64. The Bertz CT molecular complexity index is 832. The highest BCUT2D eigenvalue weighted by molar-refractivity contribution is 5.98. The zero-order valence-electron chi connectivity index (χ0n) is 18.6. The lowest BCUT2D eigenvalue weighted by Gasteiger charge is -2.23. The number of nitrogens with one attached hydrogen (secondary N) is 2. The molecule has 2 aromatic rings. The van der Waals surface area contributed by atoms with E-state index in [1.807, 2.05) is 45.0 Å². The Balaban J connectivity index is 2.04. The average Bonchev–Trinajstić information content (AvgIpc) is 2.78. The summed E-state index contributed by atoms with van der Waals surface area (Å²) in [6.45, 7) is 9.12. The van der Waals surface area contributed by atoms with Gasteiger partial charge in [-0.2, -0.15) is 0 Å². The number of methoxy groups -OCH3 is 1. The van der Waals surface area contributed by atoms with Gasteiger partial charge in [-0.05, 0) is 63.1 Å². The fourth-order valence-electron chi connectivity index (χ4n) is 3.34. The van der Waals surface area contributed by atoms with Crippen molar-refractivity contribution in [1.82, 2.24) is 10.2 Å². The SMILES string of the molecule is CCC(NC(C)C(=O)Nc1cccc(C(=O)N(CC)CC)c1)c1ccc(OC)cc1. The van der Waals surface area contributed by atoms with Crippen molar-refractivity contribution < 1.29 is 14.3 Å². The Morgan fingerprint density at radius 2 is 1.70 bits per heavy atom. The van der Waals surface area contributed by atoms with Gasteiger partial charge in [-0.15, -0.1) is 0 Å². The summed E-state index contributed by atoms with van der Waals surface area (Å²) < 4.78 is 5.21. The van der Waals surface area contributed by atoms with E-state index in [4.69, 9.17) is 4.74 Å². The Hall–Kier alpha value is -2.86. The molecule has 162 valence electrons. The van der Waals surface area contributed by atoms with Gasteiger partial charge in [0, 0.05) is 30.4 Å². The third-order valence-electron chi connectivity index (χ3n) is 5.20. The van der Waals surface area contributed by atoms with E-state index in [0.29, 0.717) is 24.3 Å². The molecule has 0 saturated heterocycles. The van der Waals surface area contributed by atoms with Crippen LogP contribution in [0, 0.1) is 0 Å². The van der Waals surface area contributed by atoms with Crippen molar-refractivity contribution in [3.8, 4) is 5.75 Å². The summed E-state index contributed by atoms with van der Waals surface area (Å²) in [4.78, 5) is 27.0. The highest BCUT2D eigenvalue weighted by Crippen LogP contribution is 2.21. The van der Waals surface area contributed by atoms with Crippen molar-refractivity contribution in [3.05, 3.63) is 59.7 Å². The van der Waals surface area contributed by atoms with E-state index in [-0.39, 0.29) is 17.9 Å². The molecule has 0 spiro atoms. The van der Waals surface area contributed by atoms with E-state index in [1.54, 1.807) is 36.3 Å². The van der Waals surface area contributed by atoms with E-state index >= 15 is 0 Å². The monoisotopic (exact) mass is 411 g/mol. The van der Waals surface area contributed by atoms with Gasteiger partial charge in [0.05, 0.1) is 13.2 Å². The van der Waals surface area contributed by atoms with Gasteiger partial charge >= 0.3 is 0 Å². The number of nitrogens with zero attached hydrogens (tertiary/aromatic N) is 1. The Morgan fingerprint density at radius 3 is 2.27 bits per heavy atom. The lowest BCUT2D eigenvalue weighted by atomic mass is 10.0. The van der Waals surface area contributed by atoms with Crippen LogP contribution in [0.4, 0.5) is 5.69 Å². The van der Waals surface area contributed by atoms with Crippen molar-refractivity contribution in [2.45, 2.75) is 46.2 Å². The van der Waals surface area contributed by atoms with Gasteiger partial charge in [0.15, 0.2) is 0 Å². The van der Waals surface area contributed by atoms with Crippen molar-refractivity contribution in [2.75, 3.05) is 25.5 Å². The van der Waals surface area contributed by atoms with Crippen molar-refractivity contribution >= 4 is 17.5 Å². The van der Waals surface area contributed by atoms with Gasteiger partial charge in [-0.25, -0.2) is 0 Å². The van der Waals surface area contributed by atoms with Crippen LogP contribution < -0.4 is 15.4 Å². The first-order valence-corrected chi connectivity index (χ1v) is 10.5. The number of anilines is 1. The van der Waals surface area contributed by atoms with Gasteiger partial charge in [-0.3, -0.25) is 14.9 Å². The van der Waals surface area contributed by atoms with Gasteiger partial charge in [0.1, 0.15) is 5.75 Å². The van der Waals surface area contributed by atoms with Gasteiger partial charge in [-0.1, -0.05) is 25.1 Å². The molecule has 2 aromatic carbocycles. The van der Waals surface area contributed by atoms with E-state index in [0.717, 1.165) is 17.7 Å². The van der Waals surface area contributed by atoms with Crippen LogP contribution in [-0.4, -0.2) is 43.0 Å². The van der Waals surface area contributed by atoms with Gasteiger partial charge in [0.2, 0.25) is 5.91 Å². The molecular formula is C24H33N3O3. The zero-order chi connectivity index (χ0) is 22.1. The quantitative estimate of drug-likeness (QED) is 0.613. The molecule has 0 aromatic heterocycles. The molecule has 0 aliphatic heterocycles. The van der Waals surface area contributed by atoms with Crippen molar-refractivity contribution in [1.29, 1.82) is 0 Å². The first kappa shape index (κ1) is 23.4. The van der Waals surface area contributed by atoms with Crippen molar-refractivity contribution in [2.24, 2.45) is 0 Å². The van der Waals surface area contributed by atoms with Crippen LogP contribution >= 0.6 is 0 Å². The Morgan fingerprint density at radius 1 is 1.03 bits per heavy atom. The number of carbonyl (C=O) groups is 2. The lowest BCUT2D eigenvalue weighted by molar-refractivity contribution is -0.118. The minimum absolute atomic E-state index is 0.0344. The fourth-order valence-corrected chi connectivity index (χ4v) is 3.34. The first-order chi connectivity index (χ1) is 14.4. The molecule has 2 unspecified atom stereocenters. The highest BCUT2D eigenvalue weighted by atomic mass is 16.5. The maximum absolute atomic E-state index is 12.7. The molecule has 2 amide bonds. The molecule has 0 heterocycles. The average molecular weight is 412 g/mol. The number of ether oxygens (including phenoxy) is 1. The number of hydrogen-bond donors (Lipinski definition) is 2. The molecule has 0 fully saturated rings. The maximum atomic E-state index is 12.7. The predicted molar refractivity (Wildman–Crippen MR) is 121 cm³/mol. The lowest BCUT2D eigenvalue weighted by Crippen LogP contribution is -2.40. The zero-order valence-corrected chi connectivity index (χ0v) is 18.6. The summed E-state index contributed by atoms with van der Waals surface area (Å²) in [5, 5.41) is 6.31. The normalized spacial score (nSPS) is 12.7. The first-order valence-electron chi connectivity index (χ1n) is 10.5. The topological polar surface area (TPSA) is 70.7 Å². The molecule has 0 radical (unpaired) electrons. The van der Waals surface area contributed by atoms with Crippen LogP contribution in [0.5, 0.6) is 5.75 Å². The number of hydrogen-bond acceptors (Lipinski definition) is 4. The number of benzene rings is 2. The van der Waals surface area contributed by atoms with Crippen LogP contribution in [-0.2, 0) is 4.79 Å². The van der Waals surface area contributed by atoms with E-state index in [2.05, 4.69) is 17.6 Å². The summed E-state index contributed by atoms with van der Waals surface area (Å²) in [6, 6.07) is 14.6. The molecule has 2 atom stereocenters. The van der Waals surface area contributed by atoms with Crippen molar-refractivity contribution in [3.63, 3.8) is 0 Å². The number of amides is 2. The standard InChI is InChI=1S/C24H33N3O3/c1-6-22(18-12-14-21(30-5)15-13-18)25-17(4)23(28)26-20-11-9-10-19(16-20)24(29)27(7-2)8-3/h9-17,22,25H,6-8H2,1-5H3,(H,26,28). The smallest absolute Gasteiger partial charge is 0.253 e. The molecule has 0 bridgehead atoms. The minimum atomic E-state index is -0.404. The maximum Gasteiger partial charge on any atom is 0.253 e. The van der Waals surface area contributed by atoms with E-state index < -0.39 is 6.04 Å². The van der Waals surface area contributed by atoms with E-state index in [1.165, 1.54) is 0 Å². The van der Waals surface area contributed by atoms with Crippen LogP contribution in [0.25, 0.3) is 0 Å². The van der Waals surface area contributed by atoms with Crippen LogP contribution in [0.15, 0.2) is 48.5 Å². The molecule has 0 aliphatic rings. The summed E-state index contributed by atoms with van der Waals surface area (Å²) >= 11 is 0. The summed E-state index contributed by atoms with van der Waals surface area (Å²) in [6.07, 6.45) is 0.845. The largest absolute Gasteiger partial charge is 0.497 e. The molecule has 2 rings (SSSR count). The summed E-state index contributed by atoms with van der Waals surface area (Å²) in [5.74, 6) is 0.626. The van der Waals surface area contributed by atoms with Gasteiger partial charge in [0.25, 0.3) is 5.91 Å². The molecule has 0 aliphatic carbocycles. The second-order valence-corrected chi connectivity index (χ2v) is 7.17. The highest BCUT2D eigenvalue weighted by Gasteiger charge is 2.19. The van der Waals surface area contributed by atoms with Crippen LogP contribution in [0.3, 0.4) is 0 Å². The van der Waals surface area contributed by atoms with Crippen LogP contribution in [0.2, 0.25) is 0 Å². The Kier molecular flexibility index (Phi) is 8.87. The van der Waals surface area contributed by atoms with E-state index in [9.17, 15) is 9.59 Å². The third-order valence-corrected chi connectivity index (χ3v) is 5.20. The molecule has 6 heteroatoms. The minimum Gasteiger partial charge on any atom is -0.497 e. The molecule has 6 nitrogen and oxygen atoms in total. The molecule has 0 saturated carbocycles. The second-order valence-electron chi connectivity index (χ2n) is 7.17. The van der Waals surface area contributed by atoms with Gasteiger partial charge < -0.3 is 15.0 Å². The van der Waals surface area contributed by atoms with Crippen LogP contribution in [0.1, 0.15) is 56.1 Å². The second kappa shape index (κ2) is 11.4. The fraction of sp³-hybridized carbons (Fsp3) is 0.417. The number of carbonyl (C=O) groups excluding carboxylic acids is 2. The molecular weight excluding hydrogens is 378 g/mol. The third kappa shape index (κ3) is 6.07.